The van der Waals surface area contributed by atoms with Crippen molar-refractivity contribution in [2.75, 3.05) is 11.1 Å². The van der Waals surface area contributed by atoms with E-state index in [9.17, 15) is 9.59 Å². The number of aromatic nitrogens is 1. The van der Waals surface area contributed by atoms with Crippen molar-refractivity contribution in [2.45, 2.75) is 0 Å². The number of carbonyl (C=O) groups is 1. The van der Waals surface area contributed by atoms with Crippen molar-refractivity contribution in [1.82, 2.24) is 4.98 Å². The molecule has 0 bridgehead atoms. The summed E-state index contributed by atoms with van der Waals surface area (Å²) < 4.78 is 0. The summed E-state index contributed by atoms with van der Waals surface area (Å²) in [4.78, 5) is 25.3. The average Bonchev–Trinajstić information content (AvgIpc) is 2.32. The molecule has 1 aromatic carbocycles. The topological polar surface area (TPSA) is 88.0 Å². The van der Waals surface area contributed by atoms with Crippen LogP contribution in [0.25, 0.3) is 0 Å². The number of nitrogens with two attached hydrogens (primary N) is 1. The first-order valence-corrected chi connectivity index (χ1v) is 5.02. The molecule has 0 aliphatic carbocycles. The molecule has 5 heteroatoms. The normalized spacial score (nSPS) is 9.88. The summed E-state index contributed by atoms with van der Waals surface area (Å²) >= 11 is 0. The van der Waals surface area contributed by atoms with Gasteiger partial charge in [-0.3, -0.25) is 9.59 Å². The summed E-state index contributed by atoms with van der Waals surface area (Å²) in [5.41, 5.74) is 6.55. The van der Waals surface area contributed by atoms with E-state index in [1.54, 1.807) is 24.3 Å². The lowest BCUT2D eigenvalue weighted by Gasteiger charge is -2.07. The van der Waals surface area contributed by atoms with E-state index in [-0.39, 0.29) is 11.3 Å². The highest BCUT2D eigenvalue weighted by atomic mass is 16.2. The molecule has 17 heavy (non-hydrogen) atoms. The van der Waals surface area contributed by atoms with Gasteiger partial charge in [0.15, 0.2) is 0 Å². The van der Waals surface area contributed by atoms with Gasteiger partial charge in [0.1, 0.15) is 5.69 Å². The van der Waals surface area contributed by atoms with Crippen LogP contribution in [-0.4, -0.2) is 10.9 Å². The summed E-state index contributed by atoms with van der Waals surface area (Å²) in [7, 11) is 0. The molecule has 86 valence electrons. The Balaban J connectivity index is 2.23. The highest BCUT2D eigenvalue weighted by molar-refractivity contribution is 6.04. The molecule has 0 aliphatic rings. The maximum Gasteiger partial charge on any atom is 0.272 e. The third-order valence-corrected chi connectivity index (χ3v) is 2.22. The average molecular weight is 229 g/mol. The van der Waals surface area contributed by atoms with Crippen molar-refractivity contribution in [3.05, 3.63) is 58.5 Å². The molecule has 1 heterocycles. The monoisotopic (exact) mass is 229 g/mol. The standard InChI is InChI=1S/C12H11N3O2/c13-8-4-1-2-5-9(8)15-12(17)10-6-3-7-11(16)14-10/h1-7H,13H2,(H,14,16)(H,15,17). The Labute approximate surface area is 97.3 Å². The molecule has 2 rings (SSSR count). The van der Waals surface area contributed by atoms with Gasteiger partial charge in [0.25, 0.3) is 5.91 Å². The Morgan fingerprint density at radius 2 is 1.88 bits per heavy atom. The number of hydrogen-bond acceptors (Lipinski definition) is 3. The van der Waals surface area contributed by atoms with Crippen LogP contribution in [0.4, 0.5) is 11.4 Å². The molecule has 0 saturated heterocycles. The van der Waals surface area contributed by atoms with E-state index in [0.717, 1.165) is 0 Å². The molecule has 2 aromatic rings. The van der Waals surface area contributed by atoms with Crippen molar-refractivity contribution in [3.63, 3.8) is 0 Å². The number of carbonyl (C=O) groups excluding carboxylic acids is 1. The molecule has 0 atom stereocenters. The van der Waals surface area contributed by atoms with E-state index in [4.69, 9.17) is 5.73 Å². The third-order valence-electron chi connectivity index (χ3n) is 2.22. The van der Waals surface area contributed by atoms with Gasteiger partial charge in [-0.05, 0) is 18.2 Å². The molecule has 0 unspecified atom stereocenters. The minimum Gasteiger partial charge on any atom is -0.397 e. The van der Waals surface area contributed by atoms with Crippen molar-refractivity contribution >= 4 is 17.3 Å². The lowest BCUT2D eigenvalue weighted by molar-refractivity contribution is 0.102. The van der Waals surface area contributed by atoms with Crippen LogP contribution in [-0.2, 0) is 0 Å². The molecule has 0 saturated carbocycles. The van der Waals surface area contributed by atoms with Crippen LogP contribution < -0.4 is 16.6 Å². The number of aromatic amines is 1. The predicted octanol–water partition coefficient (Wildman–Crippen LogP) is 1.21. The van der Waals surface area contributed by atoms with E-state index >= 15 is 0 Å². The second-order valence-electron chi connectivity index (χ2n) is 3.47. The number of benzene rings is 1. The summed E-state index contributed by atoms with van der Waals surface area (Å²) in [6, 6.07) is 11.3. The summed E-state index contributed by atoms with van der Waals surface area (Å²) in [6.07, 6.45) is 0. The molecule has 0 fully saturated rings. The van der Waals surface area contributed by atoms with Crippen molar-refractivity contribution in [3.8, 4) is 0 Å². The number of nitrogens with one attached hydrogen (secondary N) is 2. The first-order chi connectivity index (χ1) is 8.16. The van der Waals surface area contributed by atoms with Gasteiger partial charge in [-0.25, -0.2) is 0 Å². The van der Waals surface area contributed by atoms with Crippen LogP contribution in [0.1, 0.15) is 10.5 Å². The van der Waals surface area contributed by atoms with Crippen molar-refractivity contribution < 1.29 is 4.79 Å². The van der Waals surface area contributed by atoms with Gasteiger partial charge in [0.05, 0.1) is 11.4 Å². The molecule has 5 nitrogen and oxygen atoms in total. The number of hydrogen-bond donors (Lipinski definition) is 3. The van der Waals surface area contributed by atoms with Gasteiger partial charge in [-0.1, -0.05) is 18.2 Å². The Morgan fingerprint density at radius 3 is 2.59 bits per heavy atom. The fourth-order valence-corrected chi connectivity index (χ4v) is 1.38. The number of pyridine rings is 1. The number of amides is 1. The molecular weight excluding hydrogens is 218 g/mol. The number of H-pyrrole nitrogens is 1. The van der Waals surface area contributed by atoms with E-state index in [1.807, 2.05) is 0 Å². The van der Waals surface area contributed by atoms with Crippen LogP contribution in [0.5, 0.6) is 0 Å². The Bertz CT molecular complexity index is 604. The van der Waals surface area contributed by atoms with Crippen molar-refractivity contribution in [1.29, 1.82) is 0 Å². The van der Waals surface area contributed by atoms with E-state index in [2.05, 4.69) is 10.3 Å². The van der Waals surface area contributed by atoms with Gasteiger partial charge < -0.3 is 16.0 Å². The quantitative estimate of drug-likeness (QED) is 0.676. The molecular formula is C12H11N3O2. The molecule has 0 aliphatic heterocycles. The second kappa shape index (κ2) is 4.52. The van der Waals surface area contributed by atoms with Crippen LogP contribution in [0.2, 0.25) is 0 Å². The smallest absolute Gasteiger partial charge is 0.272 e. The highest BCUT2D eigenvalue weighted by Gasteiger charge is 2.07. The van der Waals surface area contributed by atoms with Gasteiger partial charge in [-0.2, -0.15) is 0 Å². The van der Waals surface area contributed by atoms with Crippen LogP contribution in [0, 0.1) is 0 Å². The van der Waals surface area contributed by atoms with Crippen LogP contribution >= 0.6 is 0 Å². The SMILES string of the molecule is Nc1ccccc1NC(=O)c1cccc(=O)[nH]1. The molecule has 0 radical (unpaired) electrons. The highest BCUT2D eigenvalue weighted by Crippen LogP contribution is 2.17. The molecule has 1 aromatic heterocycles. The lowest BCUT2D eigenvalue weighted by Crippen LogP contribution is -2.18. The zero-order valence-electron chi connectivity index (χ0n) is 8.94. The first-order valence-electron chi connectivity index (χ1n) is 5.02. The number of rotatable bonds is 2. The third kappa shape index (κ3) is 2.52. The number of para-hydroxylation sites is 2. The lowest BCUT2D eigenvalue weighted by atomic mass is 10.2. The van der Waals surface area contributed by atoms with Gasteiger partial charge in [-0.15, -0.1) is 0 Å². The number of anilines is 2. The fourth-order valence-electron chi connectivity index (χ4n) is 1.38. The maximum atomic E-state index is 11.8. The van der Waals surface area contributed by atoms with Crippen molar-refractivity contribution in [2.24, 2.45) is 0 Å². The van der Waals surface area contributed by atoms with Gasteiger partial charge in [0, 0.05) is 6.07 Å². The van der Waals surface area contributed by atoms with E-state index < -0.39 is 5.91 Å². The Hall–Kier alpha value is -2.56. The van der Waals surface area contributed by atoms with Crippen LogP contribution in [0.15, 0.2) is 47.3 Å². The maximum absolute atomic E-state index is 11.8. The predicted molar refractivity (Wildman–Crippen MR) is 65.9 cm³/mol. The Kier molecular flexibility index (Phi) is 2.91. The minimum absolute atomic E-state index is 0.195. The summed E-state index contributed by atoms with van der Waals surface area (Å²) in [5, 5.41) is 2.62. The molecule has 0 spiro atoms. The zero-order valence-corrected chi connectivity index (χ0v) is 8.94. The zero-order chi connectivity index (χ0) is 12.3. The largest absolute Gasteiger partial charge is 0.397 e. The Morgan fingerprint density at radius 1 is 1.12 bits per heavy atom. The molecule has 4 N–H and O–H groups in total. The number of nitrogen functional groups attached to an aromatic ring is 1. The summed E-state index contributed by atoms with van der Waals surface area (Å²) in [5.74, 6) is -0.402. The second-order valence-corrected chi connectivity index (χ2v) is 3.47. The fraction of sp³-hybridized carbons (Fsp3) is 0. The summed E-state index contributed by atoms with van der Waals surface area (Å²) in [6.45, 7) is 0. The van der Waals surface area contributed by atoms with Gasteiger partial charge >= 0.3 is 0 Å². The van der Waals surface area contributed by atoms with E-state index in [1.165, 1.54) is 18.2 Å². The van der Waals surface area contributed by atoms with Gasteiger partial charge in [0.2, 0.25) is 5.56 Å². The minimum atomic E-state index is -0.402. The molecule has 1 amide bonds. The van der Waals surface area contributed by atoms with Crippen LogP contribution in [0.3, 0.4) is 0 Å². The first kappa shape index (κ1) is 10.9. The van der Waals surface area contributed by atoms with E-state index in [0.29, 0.717) is 11.4 Å².